The van der Waals surface area contributed by atoms with Crippen molar-refractivity contribution >= 4 is 10.9 Å². The van der Waals surface area contributed by atoms with E-state index in [-0.39, 0.29) is 5.54 Å². The Morgan fingerprint density at radius 3 is 2.30 bits per heavy atom. The Labute approximate surface area is 198 Å². The molecule has 1 N–H and O–H groups in total. The van der Waals surface area contributed by atoms with E-state index in [0.717, 1.165) is 6.54 Å². The molecule has 3 aliphatic rings. The normalized spacial score (nSPS) is 22.1. The molecule has 0 amide bonds. The van der Waals surface area contributed by atoms with E-state index in [2.05, 4.69) is 74.3 Å². The standard InChI is InChI=1S/C29H38N4/c1-3-9-24(10-4-1)23-32-19-14-29(15-20-32)28-26(25-11-5-6-12-27(25)30-28)13-18-33(29)22-21-31-16-7-2-8-17-31/h1,3-6,9-12,30H,2,7-8,13-23H2. The number of likely N-dealkylation sites (tertiary alicyclic amines) is 2. The Kier molecular flexibility index (Phi) is 6.00. The van der Waals surface area contributed by atoms with Crippen molar-refractivity contribution in [2.75, 3.05) is 45.8 Å². The van der Waals surface area contributed by atoms with E-state index < -0.39 is 0 Å². The van der Waals surface area contributed by atoms with E-state index in [9.17, 15) is 0 Å². The maximum Gasteiger partial charge on any atom is 0.0639 e. The minimum absolute atomic E-state index is 0.162. The summed E-state index contributed by atoms with van der Waals surface area (Å²) >= 11 is 0. The molecule has 2 saturated heterocycles. The Morgan fingerprint density at radius 2 is 1.48 bits per heavy atom. The average Bonchev–Trinajstić information content (AvgIpc) is 3.26. The third-order valence-electron chi connectivity index (χ3n) is 8.58. The van der Waals surface area contributed by atoms with Crippen molar-refractivity contribution in [3.8, 4) is 0 Å². The number of hydrogen-bond donors (Lipinski definition) is 1. The van der Waals surface area contributed by atoms with Crippen LogP contribution in [-0.2, 0) is 18.5 Å². The second-order valence-electron chi connectivity index (χ2n) is 10.5. The first-order valence-electron chi connectivity index (χ1n) is 13.2. The minimum Gasteiger partial charge on any atom is -0.357 e. The van der Waals surface area contributed by atoms with Gasteiger partial charge in [-0.3, -0.25) is 9.80 Å². The molecule has 174 valence electrons. The highest BCUT2D eigenvalue weighted by molar-refractivity contribution is 5.85. The molecule has 4 heterocycles. The van der Waals surface area contributed by atoms with Gasteiger partial charge in [0.1, 0.15) is 0 Å². The summed E-state index contributed by atoms with van der Waals surface area (Å²) in [5.74, 6) is 0. The van der Waals surface area contributed by atoms with Crippen molar-refractivity contribution in [2.45, 2.75) is 50.6 Å². The minimum atomic E-state index is 0.162. The van der Waals surface area contributed by atoms with Crippen LogP contribution in [-0.4, -0.2) is 65.5 Å². The number of H-pyrrole nitrogens is 1. The number of nitrogens with zero attached hydrogens (tertiary/aromatic N) is 3. The lowest BCUT2D eigenvalue weighted by Crippen LogP contribution is -2.57. The second-order valence-corrected chi connectivity index (χ2v) is 10.5. The van der Waals surface area contributed by atoms with Crippen LogP contribution in [0, 0.1) is 0 Å². The fourth-order valence-corrected chi connectivity index (χ4v) is 6.74. The van der Waals surface area contributed by atoms with E-state index in [4.69, 9.17) is 0 Å². The second kappa shape index (κ2) is 9.25. The van der Waals surface area contributed by atoms with Gasteiger partial charge in [0.2, 0.25) is 0 Å². The maximum atomic E-state index is 3.94. The number of hydrogen-bond acceptors (Lipinski definition) is 3. The molecule has 0 bridgehead atoms. The summed E-state index contributed by atoms with van der Waals surface area (Å²) in [4.78, 5) is 12.2. The summed E-state index contributed by atoms with van der Waals surface area (Å²) in [6, 6.07) is 20.0. The summed E-state index contributed by atoms with van der Waals surface area (Å²) in [6.07, 6.45) is 7.80. The number of fused-ring (bicyclic) bond motifs is 4. The summed E-state index contributed by atoms with van der Waals surface area (Å²) in [5.41, 5.74) is 6.05. The Balaban J connectivity index is 1.26. The first kappa shape index (κ1) is 21.4. The summed E-state index contributed by atoms with van der Waals surface area (Å²) in [5, 5.41) is 1.45. The van der Waals surface area contributed by atoms with E-state index in [1.807, 2.05) is 0 Å². The number of rotatable bonds is 5. The molecule has 3 aromatic rings. The van der Waals surface area contributed by atoms with Gasteiger partial charge in [-0.15, -0.1) is 0 Å². The molecule has 2 fully saturated rings. The van der Waals surface area contributed by atoms with Crippen molar-refractivity contribution in [1.82, 2.24) is 19.7 Å². The zero-order valence-corrected chi connectivity index (χ0v) is 19.9. The van der Waals surface area contributed by atoms with Gasteiger partial charge in [0.05, 0.1) is 5.54 Å². The van der Waals surface area contributed by atoms with Crippen LogP contribution >= 0.6 is 0 Å². The first-order valence-corrected chi connectivity index (χ1v) is 13.2. The lowest BCUT2D eigenvalue weighted by molar-refractivity contribution is -0.00216. The van der Waals surface area contributed by atoms with Crippen LogP contribution in [0.5, 0.6) is 0 Å². The molecular formula is C29H38N4. The third-order valence-corrected chi connectivity index (χ3v) is 8.58. The molecule has 0 aliphatic carbocycles. The fourth-order valence-electron chi connectivity index (χ4n) is 6.74. The average molecular weight is 443 g/mol. The van der Waals surface area contributed by atoms with Gasteiger partial charge < -0.3 is 9.88 Å². The zero-order chi connectivity index (χ0) is 22.1. The summed E-state index contributed by atoms with van der Waals surface area (Å²) in [6.45, 7) is 9.63. The number of aromatic amines is 1. The molecule has 2 aromatic carbocycles. The topological polar surface area (TPSA) is 25.5 Å². The predicted octanol–water partition coefficient (Wildman–Crippen LogP) is 5.00. The van der Waals surface area contributed by atoms with E-state index >= 15 is 0 Å². The van der Waals surface area contributed by atoms with Crippen LogP contribution in [0.15, 0.2) is 54.6 Å². The van der Waals surface area contributed by atoms with Gasteiger partial charge in [-0.25, -0.2) is 0 Å². The monoisotopic (exact) mass is 442 g/mol. The largest absolute Gasteiger partial charge is 0.357 e. The van der Waals surface area contributed by atoms with E-state index in [0.29, 0.717) is 0 Å². The Morgan fingerprint density at radius 1 is 0.727 bits per heavy atom. The molecule has 6 rings (SSSR count). The number of aromatic nitrogens is 1. The number of nitrogens with one attached hydrogen (secondary N) is 1. The van der Waals surface area contributed by atoms with E-state index in [1.165, 1.54) is 106 Å². The number of para-hydroxylation sites is 1. The van der Waals surface area contributed by atoms with Crippen molar-refractivity contribution < 1.29 is 0 Å². The smallest absolute Gasteiger partial charge is 0.0639 e. The molecule has 1 spiro atoms. The lowest BCUT2D eigenvalue weighted by atomic mass is 9.77. The molecule has 0 saturated carbocycles. The zero-order valence-electron chi connectivity index (χ0n) is 19.9. The third kappa shape index (κ3) is 4.14. The van der Waals surface area contributed by atoms with Crippen molar-refractivity contribution in [3.05, 3.63) is 71.4 Å². The van der Waals surface area contributed by atoms with Gasteiger partial charge >= 0.3 is 0 Å². The molecular weight excluding hydrogens is 404 g/mol. The molecule has 4 nitrogen and oxygen atoms in total. The first-order chi connectivity index (χ1) is 16.3. The fraction of sp³-hybridized carbons (Fsp3) is 0.517. The van der Waals surface area contributed by atoms with Gasteiger partial charge in [-0.2, -0.15) is 0 Å². The maximum absolute atomic E-state index is 3.94. The highest BCUT2D eigenvalue weighted by Crippen LogP contribution is 2.45. The Hall–Kier alpha value is -2.14. The molecule has 0 unspecified atom stereocenters. The highest BCUT2D eigenvalue weighted by atomic mass is 15.3. The summed E-state index contributed by atoms with van der Waals surface area (Å²) in [7, 11) is 0. The van der Waals surface area contributed by atoms with Crippen LogP contribution in [0.2, 0.25) is 0 Å². The quantitative estimate of drug-likeness (QED) is 0.602. The summed E-state index contributed by atoms with van der Waals surface area (Å²) < 4.78 is 0. The van der Waals surface area contributed by atoms with Gasteiger partial charge in [-0.1, -0.05) is 55.0 Å². The van der Waals surface area contributed by atoms with Crippen LogP contribution in [0.3, 0.4) is 0 Å². The molecule has 0 radical (unpaired) electrons. The predicted molar refractivity (Wildman–Crippen MR) is 136 cm³/mol. The van der Waals surface area contributed by atoms with Crippen LogP contribution in [0.1, 0.15) is 48.9 Å². The molecule has 33 heavy (non-hydrogen) atoms. The highest BCUT2D eigenvalue weighted by Gasteiger charge is 2.46. The van der Waals surface area contributed by atoms with Gasteiger partial charge in [-0.05, 0) is 62.4 Å². The van der Waals surface area contributed by atoms with Crippen LogP contribution in [0.25, 0.3) is 10.9 Å². The molecule has 3 aliphatic heterocycles. The molecule has 0 atom stereocenters. The molecule has 1 aromatic heterocycles. The molecule has 4 heteroatoms. The van der Waals surface area contributed by atoms with Gasteiger partial charge in [0.25, 0.3) is 0 Å². The van der Waals surface area contributed by atoms with Crippen molar-refractivity contribution in [3.63, 3.8) is 0 Å². The van der Waals surface area contributed by atoms with Gasteiger partial charge in [0, 0.05) is 55.9 Å². The van der Waals surface area contributed by atoms with Gasteiger partial charge in [0.15, 0.2) is 0 Å². The number of benzene rings is 2. The van der Waals surface area contributed by atoms with Crippen LogP contribution < -0.4 is 0 Å². The SMILES string of the molecule is c1ccc(CN2CCC3(CC2)c2[nH]c4ccccc4c2CCN3CCN2CCCCC2)cc1. The number of piperidine rings is 2. The van der Waals surface area contributed by atoms with E-state index in [1.54, 1.807) is 5.56 Å². The van der Waals surface area contributed by atoms with Crippen LogP contribution in [0.4, 0.5) is 0 Å². The van der Waals surface area contributed by atoms with Crippen molar-refractivity contribution in [2.24, 2.45) is 0 Å². The Bertz CT molecular complexity index is 1060. The van der Waals surface area contributed by atoms with Crippen molar-refractivity contribution in [1.29, 1.82) is 0 Å². The lowest BCUT2D eigenvalue weighted by Gasteiger charge is -2.52.